The second-order valence-electron chi connectivity index (χ2n) is 9.33. The summed E-state index contributed by atoms with van der Waals surface area (Å²) in [4.78, 5) is 0. The van der Waals surface area contributed by atoms with Gasteiger partial charge in [-0.15, -0.1) is 0 Å². The van der Waals surface area contributed by atoms with Crippen LogP contribution in [0.25, 0.3) is 60.6 Å². The highest BCUT2D eigenvalue weighted by Crippen LogP contribution is 2.38. The SMILES string of the molecule is C1=Cc2cc(-c3ccc4ccc(-c5c6ccccc6cc6ccccc56)cc4c3)ccc2CC1. The summed E-state index contributed by atoms with van der Waals surface area (Å²) in [5.74, 6) is 0. The largest absolute Gasteiger partial charge is 0.0836 e. The first-order valence-electron chi connectivity index (χ1n) is 12.1. The van der Waals surface area contributed by atoms with Crippen molar-refractivity contribution in [2.24, 2.45) is 0 Å². The van der Waals surface area contributed by atoms with Crippen molar-refractivity contribution in [2.75, 3.05) is 0 Å². The molecule has 0 bridgehead atoms. The van der Waals surface area contributed by atoms with Gasteiger partial charge in [0.25, 0.3) is 0 Å². The summed E-state index contributed by atoms with van der Waals surface area (Å²) in [6, 6.07) is 40.5. The second kappa shape index (κ2) is 7.71. The van der Waals surface area contributed by atoms with Gasteiger partial charge in [0.15, 0.2) is 0 Å². The minimum Gasteiger partial charge on any atom is -0.0836 e. The molecule has 0 atom stereocenters. The Balaban J connectivity index is 1.43. The Morgan fingerprint density at radius 1 is 0.471 bits per heavy atom. The summed E-state index contributed by atoms with van der Waals surface area (Å²) in [5, 5.41) is 7.73. The number of hydrogen-bond acceptors (Lipinski definition) is 0. The topological polar surface area (TPSA) is 0 Å². The van der Waals surface area contributed by atoms with Crippen molar-refractivity contribution in [2.45, 2.75) is 12.8 Å². The quantitative estimate of drug-likeness (QED) is 0.239. The molecule has 1 aliphatic carbocycles. The number of benzene rings is 6. The smallest absolute Gasteiger partial charge is 0.00266 e. The average molecular weight is 433 g/mol. The lowest BCUT2D eigenvalue weighted by molar-refractivity contribution is 0.986. The van der Waals surface area contributed by atoms with E-state index in [9.17, 15) is 0 Å². The first kappa shape index (κ1) is 19.3. The molecule has 0 fully saturated rings. The van der Waals surface area contributed by atoms with Crippen molar-refractivity contribution in [1.82, 2.24) is 0 Å². The van der Waals surface area contributed by atoms with E-state index >= 15 is 0 Å². The zero-order chi connectivity index (χ0) is 22.5. The highest BCUT2D eigenvalue weighted by Gasteiger charge is 2.11. The van der Waals surface area contributed by atoms with Gasteiger partial charge >= 0.3 is 0 Å². The third-order valence-corrected chi connectivity index (χ3v) is 7.26. The molecular formula is C34H24. The first-order valence-corrected chi connectivity index (χ1v) is 12.1. The molecule has 7 rings (SSSR count). The molecule has 0 N–H and O–H groups in total. The molecule has 0 nitrogen and oxygen atoms in total. The Labute approximate surface area is 199 Å². The molecule has 0 heteroatoms. The third kappa shape index (κ3) is 3.15. The fraction of sp³-hybridized carbons (Fsp3) is 0.0588. The van der Waals surface area contributed by atoms with Crippen LogP contribution in [0.15, 0.2) is 115 Å². The lowest BCUT2D eigenvalue weighted by Crippen LogP contribution is -1.94. The molecular weight excluding hydrogens is 408 g/mol. The van der Waals surface area contributed by atoms with Gasteiger partial charge in [-0.25, -0.2) is 0 Å². The van der Waals surface area contributed by atoms with Gasteiger partial charge in [-0.3, -0.25) is 0 Å². The van der Waals surface area contributed by atoms with E-state index in [1.54, 1.807) is 0 Å². The molecule has 0 aliphatic heterocycles. The molecule has 0 spiro atoms. The van der Waals surface area contributed by atoms with Gasteiger partial charge in [0.1, 0.15) is 0 Å². The normalized spacial score (nSPS) is 12.9. The average Bonchev–Trinajstić information content (AvgIpc) is 2.91. The molecule has 0 saturated heterocycles. The van der Waals surface area contributed by atoms with Crippen LogP contribution in [0, 0.1) is 0 Å². The van der Waals surface area contributed by atoms with Gasteiger partial charge in [-0.1, -0.05) is 97.1 Å². The van der Waals surface area contributed by atoms with Crippen LogP contribution in [0.5, 0.6) is 0 Å². The summed E-state index contributed by atoms with van der Waals surface area (Å²) in [5.41, 5.74) is 7.96. The monoisotopic (exact) mass is 432 g/mol. The van der Waals surface area contributed by atoms with E-state index in [0.29, 0.717) is 0 Å². The van der Waals surface area contributed by atoms with Gasteiger partial charge in [0, 0.05) is 0 Å². The second-order valence-corrected chi connectivity index (χ2v) is 9.33. The standard InChI is InChI=1S/C34H24/c1-2-8-25-19-26(16-13-23(25)7-1)27-17-14-24-15-18-30(22-31(24)20-27)34-32-11-5-3-9-28(32)21-29-10-4-6-12-33(29)34/h2-6,8-22H,1,7H2. The van der Waals surface area contributed by atoms with Crippen molar-refractivity contribution in [1.29, 1.82) is 0 Å². The maximum Gasteiger partial charge on any atom is -0.00266 e. The molecule has 0 heterocycles. The highest BCUT2D eigenvalue weighted by atomic mass is 14.2. The molecule has 160 valence electrons. The van der Waals surface area contributed by atoms with E-state index in [0.717, 1.165) is 12.8 Å². The van der Waals surface area contributed by atoms with Crippen LogP contribution in [-0.2, 0) is 6.42 Å². The summed E-state index contributed by atoms with van der Waals surface area (Å²) >= 11 is 0. The minimum absolute atomic E-state index is 1.15. The van der Waals surface area contributed by atoms with Crippen LogP contribution in [0.3, 0.4) is 0 Å². The molecule has 6 aromatic rings. The maximum atomic E-state index is 2.37. The van der Waals surface area contributed by atoms with Gasteiger partial charge in [0.05, 0.1) is 0 Å². The van der Waals surface area contributed by atoms with Gasteiger partial charge < -0.3 is 0 Å². The van der Waals surface area contributed by atoms with E-state index in [4.69, 9.17) is 0 Å². The summed E-state index contributed by atoms with van der Waals surface area (Å²) < 4.78 is 0. The van der Waals surface area contributed by atoms with Crippen LogP contribution in [0.2, 0.25) is 0 Å². The Bertz CT molecular complexity index is 1700. The van der Waals surface area contributed by atoms with E-state index in [1.807, 2.05) is 0 Å². The van der Waals surface area contributed by atoms with Crippen LogP contribution in [-0.4, -0.2) is 0 Å². The Morgan fingerprint density at radius 3 is 1.91 bits per heavy atom. The number of rotatable bonds is 2. The van der Waals surface area contributed by atoms with Gasteiger partial charge in [-0.05, 0) is 103 Å². The van der Waals surface area contributed by atoms with Crippen molar-refractivity contribution >= 4 is 38.4 Å². The number of aryl methyl sites for hydroxylation is 1. The lowest BCUT2D eigenvalue weighted by atomic mass is 9.90. The summed E-state index contributed by atoms with van der Waals surface area (Å²) in [6.07, 6.45) is 6.85. The molecule has 34 heavy (non-hydrogen) atoms. The van der Waals surface area contributed by atoms with Gasteiger partial charge in [0.2, 0.25) is 0 Å². The first-order chi connectivity index (χ1) is 16.8. The van der Waals surface area contributed by atoms with E-state index in [1.165, 1.54) is 65.7 Å². The minimum atomic E-state index is 1.15. The molecule has 0 unspecified atom stereocenters. The molecule has 1 aliphatic rings. The van der Waals surface area contributed by atoms with Crippen LogP contribution in [0.4, 0.5) is 0 Å². The van der Waals surface area contributed by atoms with Crippen molar-refractivity contribution in [3.63, 3.8) is 0 Å². The van der Waals surface area contributed by atoms with Crippen molar-refractivity contribution < 1.29 is 0 Å². The number of fused-ring (bicyclic) bond motifs is 4. The fourth-order valence-electron chi connectivity index (χ4n) is 5.51. The molecule has 0 radical (unpaired) electrons. The van der Waals surface area contributed by atoms with Gasteiger partial charge in [-0.2, -0.15) is 0 Å². The van der Waals surface area contributed by atoms with Crippen LogP contribution >= 0.6 is 0 Å². The third-order valence-electron chi connectivity index (χ3n) is 7.26. The lowest BCUT2D eigenvalue weighted by Gasteiger charge is -2.14. The van der Waals surface area contributed by atoms with Crippen LogP contribution in [0.1, 0.15) is 17.5 Å². The molecule has 0 amide bonds. The van der Waals surface area contributed by atoms with Crippen molar-refractivity contribution in [3.8, 4) is 22.3 Å². The van der Waals surface area contributed by atoms with E-state index in [2.05, 4.69) is 121 Å². The predicted octanol–water partition coefficient (Wildman–Crippen LogP) is 9.44. The Kier molecular flexibility index (Phi) is 4.38. The molecule has 0 aromatic heterocycles. The fourth-order valence-corrected chi connectivity index (χ4v) is 5.51. The van der Waals surface area contributed by atoms with E-state index in [-0.39, 0.29) is 0 Å². The zero-order valence-corrected chi connectivity index (χ0v) is 19.0. The maximum absolute atomic E-state index is 2.37. The zero-order valence-electron chi connectivity index (χ0n) is 19.0. The summed E-state index contributed by atoms with van der Waals surface area (Å²) in [6.45, 7) is 0. The number of allylic oxidation sites excluding steroid dienone is 1. The molecule has 0 saturated carbocycles. The number of hydrogen-bond donors (Lipinski definition) is 0. The Morgan fingerprint density at radius 2 is 1.12 bits per heavy atom. The summed E-state index contributed by atoms with van der Waals surface area (Å²) in [7, 11) is 0. The highest BCUT2D eigenvalue weighted by molar-refractivity contribution is 6.13. The van der Waals surface area contributed by atoms with Crippen LogP contribution < -0.4 is 0 Å². The molecule has 6 aromatic carbocycles. The van der Waals surface area contributed by atoms with Crippen molar-refractivity contribution in [3.05, 3.63) is 126 Å². The predicted molar refractivity (Wildman–Crippen MR) is 147 cm³/mol. The Hall–Kier alpha value is -4.16. The van der Waals surface area contributed by atoms with E-state index < -0.39 is 0 Å².